The van der Waals surface area contributed by atoms with Gasteiger partial charge in [0.1, 0.15) is 11.8 Å². The molecule has 9 heteroatoms. The van der Waals surface area contributed by atoms with Gasteiger partial charge < -0.3 is 15.2 Å². The molecule has 0 saturated carbocycles. The molecule has 29 heavy (non-hydrogen) atoms. The van der Waals surface area contributed by atoms with E-state index in [0.29, 0.717) is 36.7 Å². The average molecular weight is 409 g/mol. The fourth-order valence-electron chi connectivity index (χ4n) is 3.54. The van der Waals surface area contributed by atoms with Gasteiger partial charge in [0.2, 0.25) is 0 Å². The van der Waals surface area contributed by atoms with Crippen LogP contribution in [0.4, 0.5) is 13.2 Å². The van der Waals surface area contributed by atoms with Crippen LogP contribution in [-0.4, -0.2) is 41.0 Å². The van der Waals surface area contributed by atoms with Crippen LogP contribution in [-0.2, 0) is 22.1 Å². The zero-order valence-corrected chi connectivity index (χ0v) is 16.1. The summed E-state index contributed by atoms with van der Waals surface area (Å²) in [5.74, 6) is -0.468. The molecular weight excluding hydrogens is 387 g/mol. The largest absolute Gasteiger partial charge is 0.507 e. The van der Waals surface area contributed by atoms with Gasteiger partial charge in [-0.05, 0) is 68.5 Å². The van der Waals surface area contributed by atoms with Gasteiger partial charge in [-0.25, -0.2) is 0 Å². The fourth-order valence-corrected chi connectivity index (χ4v) is 3.54. The maximum atomic E-state index is 12.8. The number of hydrogen-bond acceptors (Lipinski definition) is 6. The molecule has 6 nitrogen and oxygen atoms in total. The van der Waals surface area contributed by atoms with Crippen molar-refractivity contribution in [3.8, 4) is 17.0 Å². The standard InChI is InChI=1S/C20H22F3N3O3/c1-11-7-14(8-12-3-6-16(24-10-12)19(28)29-2)25-26-18(11)15-5-4-13(9-17(15)27)20(21,22)23/h4-5,7,9,12,16,24,27H,3,6,8,10H2,1-2H3. The van der Waals surface area contributed by atoms with Crippen molar-refractivity contribution in [1.29, 1.82) is 0 Å². The number of alkyl halides is 3. The van der Waals surface area contributed by atoms with Gasteiger partial charge in [0.15, 0.2) is 0 Å². The molecule has 2 unspecified atom stereocenters. The number of carbonyl (C=O) groups excluding carboxylic acids is 1. The summed E-state index contributed by atoms with van der Waals surface area (Å²) in [6.07, 6.45) is -2.34. The lowest BCUT2D eigenvalue weighted by molar-refractivity contribution is -0.144. The smallest absolute Gasteiger partial charge is 0.416 e. The van der Waals surface area contributed by atoms with Crippen LogP contribution in [0, 0.1) is 12.8 Å². The van der Waals surface area contributed by atoms with Crippen molar-refractivity contribution in [2.45, 2.75) is 38.4 Å². The molecule has 2 atom stereocenters. The minimum Gasteiger partial charge on any atom is -0.507 e. The summed E-state index contributed by atoms with van der Waals surface area (Å²) >= 11 is 0. The Morgan fingerprint density at radius 3 is 2.59 bits per heavy atom. The molecule has 2 N–H and O–H groups in total. The highest BCUT2D eigenvalue weighted by Crippen LogP contribution is 2.36. The van der Waals surface area contributed by atoms with Gasteiger partial charge in [-0.3, -0.25) is 4.79 Å². The lowest BCUT2D eigenvalue weighted by Gasteiger charge is -2.28. The van der Waals surface area contributed by atoms with Crippen LogP contribution < -0.4 is 5.32 Å². The molecule has 0 radical (unpaired) electrons. The quantitative estimate of drug-likeness (QED) is 0.755. The maximum absolute atomic E-state index is 12.8. The number of phenols is 1. The second-order valence-corrected chi connectivity index (χ2v) is 7.23. The Bertz CT molecular complexity index is 894. The summed E-state index contributed by atoms with van der Waals surface area (Å²) in [7, 11) is 1.37. The third kappa shape index (κ3) is 4.84. The van der Waals surface area contributed by atoms with E-state index in [4.69, 9.17) is 4.74 Å². The van der Waals surface area contributed by atoms with E-state index in [1.807, 2.05) is 6.07 Å². The zero-order valence-electron chi connectivity index (χ0n) is 16.1. The van der Waals surface area contributed by atoms with Crippen molar-refractivity contribution in [2.24, 2.45) is 5.92 Å². The zero-order chi connectivity index (χ0) is 21.2. The van der Waals surface area contributed by atoms with Gasteiger partial charge in [0.05, 0.1) is 24.1 Å². The van der Waals surface area contributed by atoms with Crippen LogP contribution in [0.1, 0.15) is 29.7 Å². The number of aromatic nitrogens is 2. The monoisotopic (exact) mass is 409 g/mol. The van der Waals surface area contributed by atoms with Gasteiger partial charge in [-0.1, -0.05) is 0 Å². The van der Waals surface area contributed by atoms with Crippen molar-refractivity contribution < 1.29 is 27.8 Å². The normalized spacial score (nSPS) is 19.8. The number of hydrogen-bond donors (Lipinski definition) is 2. The summed E-state index contributed by atoms with van der Waals surface area (Å²) < 4.78 is 43.1. The first kappa shape index (κ1) is 21.0. The fraction of sp³-hybridized carbons (Fsp3) is 0.450. The van der Waals surface area contributed by atoms with E-state index in [1.54, 1.807) is 6.92 Å². The molecule has 1 aromatic carbocycles. The minimum absolute atomic E-state index is 0.204. The number of piperidine rings is 1. The molecule has 1 aliphatic heterocycles. The number of rotatable bonds is 4. The van der Waals surface area contributed by atoms with Crippen molar-refractivity contribution in [3.05, 3.63) is 41.1 Å². The first-order valence-corrected chi connectivity index (χ1v) is 9.24. The topological polar surface area (TPSA) is 84.3 Å². The molecule has 2 aromatic rings. The van der Waals surface area contributed by atoms with E-state index >= 15 is 0 Å². The van der Waals surface area contributed by atoms with Crippen LogP contribution in [0.25, 0.3) is 11.3 Å². The Balaban J connectivity index is 1.71. The highest BCUT2D eigenvalue weighted by Gasteiger charge is 2.31. The second-order valence-electron chi connectivity index (χ2n) is 7.23. The van der Waals surface area contributed by atoms with Crippen LogP contribution in [0.3, 0.4) is 0 Å². The van der Waals surface area contributed by atoms with Crippen LogP contribution in [0.15, 0.2) is 24.3 Å². The number of ether oxygens (including phenoxy) is 1. The number of esters is 1. The summed E-state index contributed by atoms with van der Waals surface area (Å²) in [4.78, 5) is 11.6. The molecule has 1 saturated heterocycles. The van der Waals surface area contributed by atoms with E-state index in [2.05, 4.69) is 15.5 Å². The Hall–Kier alpha value is -2.68. The van der Waals surface area contributed by atoms with Gasteiger partial charge >= 0.3 is 12.1 Å². The Morgan fingerprint density at radius 1 is 1.28 bits per heavy atom. The molecule has 2 heterocycles. The van der Waals surface area contributed by atoms with E-state index in [-0.39, 0.29) is 23.5 Å². The van der Waals surface area contributed by atoms with Gasteiger partial charge in [-0.15, -0.1) is 5.10 Å². The van der Waals surface area contributed by atoms with Crippen LogP contribution >= 0.6 is 0 Å². The number of methoxy groups -OCH3 is 1. The Morgan fingerprint density at radius 2 is 2.03 bits per heavy atom. The van der Waals surface area contributed by atoms with Crippen molar-refractivity contribution in [1.82, 2.24) is 15.5 Å². The third-order valence-corrected chi connectivity index (χ3v) is 5.12. The predicted molar refractivity (Wildman–Crippen MR) is 99.1 cm³/mol. The molecule has 0 amide bonds. The lowest BCUT2D eigenvalue weighted by Crippen LogP contribution is -2.45. The van der Waals surface area contributed by atoms with E-state index in [0.717, 1.165) is 18.2 Å². The highest BCUT2D eigenvalue weighted by molar-refractivity contribution is 5.75. The number of halogens is 3. The molecule has 156 valence electrons. The van der Waals surface area contributed by atoms with Crippen LogP contribution in [0.5, 0.6) is 5.75 Å². The molecule has 0 spiro atoms. The molecule has 1 aliphatic rings. The van der Waals surface area contributed by atoms with Crippen LogP contribution in [0.2, 0.25) is 0 Å². The number of carbonyl (C=O) groups is 1. The summed E-state index contributed by atoms with van der Waals surface area (Å²) in [6.45, 7) is 2.43. The number of aryl methyl sites for hydroxylation is 1. The number of nitrogens with one attached hydrogen (secondary N) is 1. The number of benzene rings is 1. The van der Waals surface area contributed by atoms with Gasteiger partial charge in [0, 0.05) is 5.56 Å². The van der Waals surface area contributed by atoms with E-state index < -0.39 is 17.5 Å². The summed E-state index contributed by atoms with van der Waals surface area (Å²) in [6, 6.07) is 4.35. The summed E-state index contributed by atoms with van der Waals surface area (Å²) in [5.41, 5.74) is 1.08. The third-order valence-electron chi connectivity index (χ3n) is 5.12. The molecule has 3 rings (SSSR count). The van der Waals surface area contributed by atoms with E-state index in [1.165, 1.54) is 13.2 Å². The second kappa shape index (κ2) is 8.36. The average Bonchev–Trinajstić information content (AvgIpc) is 2.68. The molecular formula is C20H22F3N3O3. The first-order chi connectivity index (χ1) is 13.7. The van der Waals surface area contributed by atoms with Gasteiger partial charge in [-0.2, -0.15) is 18.3 Å². The maximum Gasteiger partial charge on any atom is 0.416 e. The van der Waals surface area contributed by atoms with Crippen molar-refractivity contribution >= 4 is 5.97 Å². The molecule has 1 fully saturated rings. The molecule has 0 bridgehead atoms. The predicted octanol–water partition coefficient (Wildman–Crippen LogP) is 3.26. The number of aromatic hydroxyl groups is 1. The molecule has 0 aliphatic carbocycles. The lowest BCUT2D eigenvalue weighted by atomic mass is 9.90. The van der Waals surface area contributed by atoms with Crippen molar-refractivity contribution in [3.63, 3.8) is 0 Å². The highest BCUT2D eigenvalue weighted by atomic mass is 19.4. The summed E-state index contributed by atoms with van der Waals surface area (Å²) in [5, 5.41) is 21.5. The Labute approximate surface area is 166 Å². The minimum atomic E-state index is -4.53. The Kier molecular flexibility index (Phi) is 6.07. The van der Waals surface area contributed by atoms with Crippen molar-refractivity contribution in [2.75, 3.05) is 13.7 Å². The number of nitrogens with zero attached hydrogens (tertiary/aromatic N) is 2. The molecule has 1 aromatic heterocycles. The first-order valence-electron chi connectivity index (χ1n) is 9.24. The van der Waals surface area contributed by atoms with Gasteiger partial charge in [0.25, 0.3) is 0 Å². The van der Waals surface area contributed by atoms with E-state index in [9.17, 15) is 23.1 Å². The number of phenolic OH excluding ortho intramolecular Hbond substituents is 1. The SMILES string of the molecule is COC(=O)C1CCC(Cc2cc(C)c(-c3ccc(C(F)(F)F)cc3O)nn2)CN1.